The Bertz CT molecular complexity index is 508. The van der Waals surface area contributed by atoms with Crippen LogP contribution in [0.2, 0.25) is 0 Å². The average Bonchev–Trinajstić information content (AvgIpc) is 2.58. The maximum Gasteiger partial charge on any atom is 0.417 e. The number of rotatable bonds is 1. The molecule has 0 spiro atoms. The minimum absolute atomic E-state index is 0.262. The van der Waals surface area contributed by atoms with Crippen LogP contribution in [0, 0.1) is 0 Å². The van der Waals surface area contributed by atoms with E-state index in [1.165, 1.54) is 17.4 Å². The molecule has 86 valence electrons. The third-order valence-electron chi connectivity index (χ3n) is 2.44. The Balaban J connectivity index is 2.68. The van der Waals surface area contributed by atoms with Gasteiger partial charge in [0.15, 0.2) is 0 Å². The second-order valence-electron chi connectivity index (χ2n) is 4.03. The third-order valence-corrected chi connectivity index (χ3v) is 3.92. The van der Waals surface area contributed by atoms with E-state index in [9.17, 15) is 13.2 Å². The molecule has 16 heavy (non-hydrogen) atoms. The van der Waals surface area contributed by atoms with Crippen LogP contribution in [0.1, 0.15) is 30.2 Å². The van der Waals surface area contributed by atoms with Gasteiger partial charge in [-0.25, -0.2) is 0 Å². The maximum atomic E-state index is 12.7. The van der Waals surface area contributed by atoms with Gasteiger partial charge in [-0.05, 0) is 23.4 Å². The van der Waals surface area contributed by atoms with E-state index in [0.29, 0.717) is 10.1 Å². The first-order valence-corrected chi connectivity index (χ1v) is 5.81. The molecule has 0 aliphatic rings. The monoisotopic (exact) mass is 244 g/mol. The van der Waals surface area contributed by atoms with Crippen LogP contribution in [-0.4, -0.2) is 0 Å². The Hall–Kier alpha value is -1.03. The van der Waals surface area contributed by atoms with Crippen LogP contribution in [0.5, 0.6) is 0 Å². The first-order valence-electron chi connectivity index (χ1n) is 4.99. The van der Waals surface area contributed by atoms with E-state index in [4.69, 9.17) is 0 Å². The van der Waals surface area contributed by atoms with Crippen LogP contribution in [0.3, 0.4) is 0 Å². The SMILES string of the molecule is CC(C)c1cc2cccc(C(F)(F)F)c2s1. The topological polar surface area (TPSA) is 0 Å². The van der Waals surface area contributed by atoms with E-state index >= 15 is 0 Å². The van der Waals surface area contributed by atoms with Gasteiger partial charge >= 0.3 is 6.18 Å². The highest BCUT2D eigenvalue weighted by atomic mass is 32.1. The number of thiophene rings is 1. The molecule has 0 unspecified atom stereocenters. The molecule has 0 N–H and O–H groups in total. The molecule has 4 heteroatoms. The van der Waals surface area contributed by atoms with E-state index in [1.54, 1.807) is 6.07 Å². The standard InChI is InChI=1S/C12H11F3S/c1-7(2)10-6-8-4-3-5-9(11(8)16-10)12(13,14)15/h3-7H,1-2H3. The Morgan fingerprint density at radius 1 is 1.19 bits per heavy atom. The average molecular weight is 244 g/mol. The molecule has 0 nitrogen and oxygen atoms in total. The molecule has 1 heterocycles. The second kappa shape index (κ2) is 3.77. The number of alkyl halides is 3. The van der Waals surface area contributed by atoms with Crippen LogP contribution in [0.15, 0.2) is 24.3 Å². The summed E-state index contributed by atoms with van der Waals surface area (Å²) in [5, 5.41) is 0.684. The summed E-state index contributed by atoms with van der Waals surface area (Å²) in [6, 6.07) is 6.18. The minimum atomic E-state index is -4.27. The van der Waals surface area contributed by atoms with Crippen LogP contribution >= 0.6 is 11.3 Å². The van der Waals surface area contributed by atoms with Crippen molar-refractivity contribution < 1.29 is 13.2 Å². The van der Waals surface area contributed by atoms with Crippen LogP contribution in [-0.2, 0) is 6.18 Å². The summed E-state index contributed by atoms with van der Waals surface area (Å²) >= 11 is 1.24. The summed E-state index contributed by atoms with van der Waals surface area (Å²) in [6.45, 7) is 3.97. The molecule has 1 aromatic carbocycles. The van der Waals surface area contributed by atoms with Crippen molar-refractivity contribution in [2.75, 3.05) is 0 Å². The molecule has 2 rings (SSSR count). The Labute approximate surface area is 95.7 Å². The summed E-state index contributed by atoms with van der Waals surface area (Å²) in [7, 11) is 0. The number of hydrogen-bond acceptors (Lipinski definition) is 1. The molecule has 0 aliphatic heterocycles. The normalized spacial score (nSPS) is 12.6. The largest absolute Gasteiger partial charge is 0.417 e. The predicted octanol–water partition coefficient (Wildman–Crippen LogP) is 5.04. The molecule has 0 amide bonds. The molecule has 2 aromatic rings. The third kappa shape index (κ3) is 1.94. The molecule has 0 saturated carbocycles. The van der Waals surface area contributed by atoms with Crippen molar-refractivity contribution in [3.8, 4) is 0 Å². The van der Waals surface area contributed by atoms with E-state index in [-0.39, 0.29) is 5.92 Å². The van der Waals surface area contributed by atoms with Gasteiger partial charge in [0.1, 0.15) is 0 Å². The lowest BCUT2D eigenvalue weighted by Crippen LogP contribution is -2.04. The molecular formula is C12H11F3S. The fraction of sp³-hybridized carbons (Fsp3) is 0.333. The fourth-order valence-electron chi connectivity index (χ4n) is 1.59. The number of halogens is 3. The summed E-state index contributed by atoms with van der Waals surface area (Å²) in [6.07, 6.45) is -4.27. The molecule has 0 saturated heterocycles. The van der Waals surface area contributed by atoms with Crippen molar-refractivity contribution in [1.29, 1.82) is 0 Å². The number of benzene rings is 1. The van der Waals surface area contributed by atoms with Gasteiger partial charge in [-0.2, -0.15) is 13.2 Å². The quantitative estimate of drug-likeness (QED) is 0.659. The van der Waals surface area contributed by atoms with Gasteiger partial charge in [-0.15, -0.1) is 11.3 Å². The van der Waals surface area contributed by atoms with Crippen molar-refractivity contribution in [2.24, 2.45) is 0 Å². The smallest absolute Gasteiger partial charge is 0.166 e. The summed E-state index contributed by atoms with van der Waals surface area (Å²) < 4.78 is 38.6. The highest BCUT2D eigenvalue weighted by Gasteiger charge is 2.33. The van der Waals surface area contributed by atoms with E-state index in [0.717, 1.165) is 10.9 Å². The van der Waals surface area contributed by atoms with E-state index in [2.05, 4.69) is 0 Å². The predicted molar refractivity (Wildman–Crippen MR) is 60.9 cm³/mol. The van der Waals surface area contributed by atoms with Gasteiger partial charge in [0, 0.05) is 9.58 Å². The highest BCUT2D eigenvalue weighted by molar-refractivity contribution is 7.19. The Kier molecular flexibility index (Phi) is 2.70. The van der Waals surface area contributed by atoms with E-state index < -0.39 is 11.7 Å². The van der Waals surface area contributed by atoms with Gasteiger partial charge < -0.3 is 0 Å². The molecule has 1 aromatic heterocycles. The lowest BCUT2D eigenvalue weighted by Gasteiger charge is -2.06. The first-order chi connectivity index (χ1) is 7.39. The van der Waals surface area contributed by atoms with Crippen LogP contribution in [0.25, 0.3) is 10.1 Å². The van der Waals surface area contributed by atoms with Crippen LogP contribution in [0.4, 0.5) is 13.2 Å². The van der Waals surface area contributed by atoms with Crippen molar-refractivity contribution in [1.82, 2.24) is 0 Å². The highest BCUT2D eigenvalue weighted by Crippen LogP contribution is 2.40. The van der Waals surface area contributed by atoms with Gasteiger partial charge in [0.2, 0.25) is 0 Å². The summed E-state index contributed by atoms with van der Waals surface area (Å²) in [5.74, 6) is 0.262. The van der Waals surface area contributed by atoms with E-state index in [1.807, 2.05) is 19.9 Å². The summed E-state index contributed by atoms with van der Waals surface area (Å²) in [4.78, 5) is 0.992. The molecule has 0 radical (unpaired) electrons. The minimum Gasteiger partial charge on any atom is -0.166 e. The Morgan fingerprint density at radius 2 is 1.88 bits per heavy atom. The Morgan fingerprint density at radius 3 is 2.44 bits per heavy atom. The van der Waals surface area contributed by atoms with Gasteiger partial charge in [0.25, 0.3) is 0 Å². The maximum absolute atomic E-state index is 12.7. The van der Waals surface area contributed by atoms with Crippen molar-refractivity contribution in [3.63, 3.8) is 0 Å². The number of fused-ring (bicyclic) bond motifs is 1. The zero-order chi connectivity index (χ0) is 11.9. The van der Waals surface area contributed by atoms with Crippen molar-refractivity contribution >= 4 is 21.4 Å². The van der Waals surface area contributed by atoms with Gasteiger partial charge in [-0.1, -0.05) is 26.0 Å². The lowest BCUT2D eigenvalue weighted by atomic mass is 10.1. The molecule has 0 bridgehead atoms. The first kappa shape index (κ1) is 11.5. The fourth-order valence-corrected chi connectivity index (χ4v) is 2.79. The van der Waals surface area contributed by atoms with Gasteiger partial charge in [0.05, 0.1) is 5.56 Å². The number of hydrogen-bond donors (Lipinski definition) is 0. The summed E-state index contributed by atoms with van der Waals surface area (Å²) in [5.41, 5.74) is -0.526. The molecule has 0 fully saturated rings. The van der Waals surface area contributed by atoms with Crippen molar-refractivity contribution in [3.05, 3.63) is 34.7 Å². The second-order valence-corrected chi connectivity index (χ2v) is 5.11. The van der Waals surface area contributed by atoms with Gasteiger partial charge in [-0.3, -0.25) is 0 Å². The van der Waals surface area contributed by atoms with Crippen molar-refractivity contribution in [2.45, 2.75) is 25.9 Å². The zero-order valence-corrected chi connectivity index (χ0v) is 9.75. The van der Waals surface area contributed by atoms with Crippen LogP contribution < -0.4 is 0 Å². The molecule has 0 aliphatic carbocycles. The molecular weight excluding hydrogens is 233 g/mol. The molecule has 0 atom stereocenters. The lowest BCUT2D eigenvalue weighted by molar-refractivity contribution is -0.136. The zero-order valence-electron chi connectivity index (χ0n) is 8.93.